The number of anilines is 2. The van der Waals surface area contributed by atoms with Crippen LogP contribution < -0.4 is 14.4 Å². The zero-order valence-corrected chi connectivity index (χ0v) is 18.0. The Morgan fingerprint density at radius 2 is 1.72 bits per heavy atom. The number of amides is 2. The lowest BCUT2D eigenvalue weighted by Crippen LogP contribution is -2.37. The molecule has 0 bridgehead atoms. The highest BCUT2D eigenvalue weighted by atomic mass is 35.5. The van der Waals surface area contributed by atoms with Crippen molar-refractivity contribution in [2.45, 2.75) is 0 Å². The lowest BCUT2D eigenvalue weighted by atomic mass is 10.2. The molecule has 0 aliphatic carbocycles. The fourth-order valence-electron chi connectivity index (χ4n) is 2.50. The summed E-state index contributed by atoms with van der Waals surface area (Å²) in [6.45, 7) is -0.441. The van der Waals surface area contributed by atoms with Gasteiger partial charge in [0.1, 0.15) is 12.3 Å². The van der Waals surface area contributed by atoms with Crippen molar-refractivity contribution in [2.24, 2.45) is 0 Å². The minimum Gasteiger partial charge on any atom is -0.495 e. The average molecular weight is 440 g/mol. The fourth-order valence-corrected chi connectivity index (χ4v) is 3.62. The number of nitrogens with one attached hydrogen (secondary N) is 1. The summed E-state index contributed by atoms with van der Waals surface area (Å²) in [6, 6.07) is 10.7. The number of hydrogen-bond acceptors (Lipinski definition) is 5. The number of methoxy groups -OCH3 is 1. The Morgan fingerprint density at radius 1 is 1.10 bits per heavy atom. The molecule has 10 heteroatoms. The minimum atomic E-state index is -3.74. The number of carbonyl (C=O) groups excluding carboxylic acids is 2. The summed E-state index contributed by atoms with van der Waals surface area (Å²) < 4.78 is 30.4. The topological polar surface area (TPSA) is 96.0 Å². The number of sulfonamides is 1. The quantitative estimate of drug-likeness (QED) is 0.714. The number of carbonyl (C=O) groups is 2. The van der Waals surface area contributed by atoms with Crippen LogP contribution in [0.15, 0.2) is 42.5 Å². The third-order valence-corrected chi connectivity index (χ3v) is 5.37. The van der Waals surface area contributed by atoms with Gasteiger partial charge in [0.2, 0.25) is 15.9 Å². The van der Waals surface area contributed by atoms with Gasteiger partial charge in [-0.3, -0.25) is 13.9 Å². The van der Waals surface area contributed by atoms with Gasteiger partial charge in [-0.15, -0.1) is 0 Å². The van der Waals surface area contributed by atoms with E-state index in [1.165, 1.54) is 42.3 Å². The van der Waals surface area contributed by atoms with Gasteiger partial charge in [-0.05, 0) is 42.5 Å². The first-order valence-corrected chi connectivity index (χ1v) is 10.7. The molecule has 0 aliphatic rings. The van der Waals surface area contributed by atoms with Gasteiger partial charge >= 0.3 is 0 Å². The maximum Gasteiger partial charge on any atom is 0.253 e. The molecule has 2 rings (SSSR count). The second-order valence-electron chi connectivity index (χ2n) is 6.41. The molecule has 0 radical (unpaired) electrons. The predicted molar refractivity (Wildman–Crippen MR) is 113 cm³/mol. The first-order chi connectivity index (χ1) is 13.5. The molecule has 2 aromatic carbocycles. The van der Waals surface area contributed by atoms with Crippen LogP contribution in [0.5, 0.6) is 5.75 Å². The van der Waals surface area contributed by atoms with E-state index in [0.29, 0.717) is 22.0 Å². The molecule has 2 amide bonds. The lowest BCUT2D eigenvalue weighted by Gasteiger charge is -2.22. The summed E-state index contributed by atoms with van der Waals surface area (Å²) >= 11 is 6.04. The molecule has 0 saturated heterocycles. The van der Waals surface area contributed by atoms with Crippen LogP contribution in [0.2, 0.25) is 5.02 Å². The molecule has 0 atom stereocenters. The number of rotatable bonds is 7. The maximum absolute atomic E-state index is 12.4. The molecule has 0 fully saturated rings. The van der Waals surface area contributed by atoms with E-state index in [-0.39, 0.29) is 11.6 Å². The number of hydrogen-bond donors (Lipinski definition) is 1. The molecule has 0 aliphatic heterocycles. The predicted octanol–water partition coefficient (Wildman–Crippen LogP) is 2.46. The molecule has 0 unspecified atom stereocenters. The summed E-state index contributed by atoms with van der Waals surface area (Å²) in [5.41, 5.74) is 1.08. The highest BCUT2D eigenvalue weighted by Gasteiger charge is 2.21. The van der Waals surface area contributed by atoms with Crippen molar-refractivity contribution in [3.05, 3.63) is 53.1 Å². The summed E-state index contributed by atoms with van der Waals surface area (Å²) in [5, 5.41) is 2.92. The Kier molecular flexibility index (Phi) is 7.10. The fraction of sp³-hybridized carbons (Fsp3) is 0.263. The van der Waals surface area contributed by atoms with Crippen LogP contribution in [0.4, 0.5) is 11.4 Å². The van der Waals surface area contributed by atoms with Crippen molar-refractivity contribution in [1.29, 1.82) is 0 Å². The van der Waals surface area contributed by atoms with Crippen molar-refractivity contribution in [2.75, 3.05) is 43.6 Å². The monoisotopic (exact) mass is 439 g/mol. The third kappa shape index (κ3) is 5.85. The van der Waals surface area contributed by atoms with E-state index >= 15 is 0 Å². The molecular weight excluding hydrogens is 418 g/mol. The smallest absolute Gasteiger partial charge is 0.253 e. The van der Waals surface area contributed by atoms with Crippen molar-refractivity contribution in [3.8, 4) is 5.75 Å². The van der Waals surface area contributed by atoms with Crippen LogP contribution >= 0.6 is 11.6 Å². The van der Waals surface area contributed by atoms with Gasteiger partial charge < -0.3 is 15.0 Å². The second-order valence-corrected chi connectivity index (χ2v) is 8.73. The van der Waals surface area contributed by atoms with E-state index in [0.717, 1.165) is 10.6 Å². The van der Waals surface area contributed by atoms with E-state index in [4.69, 9.17) is 16.3 Å². The molecular formula is C19H22ClN3O5S. The Labute approximate surface area is 175 Å². The van der Waals surface area contributed by atoms with Gasteiger partial charge in [0, 0.05) is 25.3 Å². The van der Waals surface area contributed by atoms with Crippen molar-refractivity contribution < 1.29 is 22.7 Å². The molecule has 0 saturated carbocycles. The summed E-state index contributed by atoms with van der Waals surface area (Å²) in [7, 11) is 0.970. The molecule has 0 spiro atoms. The van der Waals surface area contributed by atoms with Crippen molar-refractivity contribution in [3.63, 3.8) is 0 Å². The number of ether oxygens (including phenoxy) is 1. The highest BCUT2D eigenvalue weighted by molar-refractivity contribution is 7.92. The SMILES string of the molecule is COc1ccc(NC(=O)CN(c2ccc(C(=O)N(C)C)cc2)S(C)(=O)=O)cc1Cl. The minimum absolute atomic E-state index is 0.211. The third-order valence-electron chi connectivity index (χ3n) is 3.93. The van der Waals surface area contributed by atoms with Crippen LogP contribution in [0, 0.1) is 0 Å². The first kappa shape index (κ1) is 22.5. The van der Waals surface area contributed by atoms with E-state index in [1.54, 1.807) is 26.2 Å². The lowest BCUT2D eigenvalue weighted by molar-refractivity contribution is -0.114. The Bertz CT molecular complexity index is 1010. The molecule has 0 aromatic heterocycles. The van der Waals surface area contributed by atoms with Crippen LogP contribution in [0.25, 0.3) is 0 Å². The van der Waals surface area contributed by atoms with Gasteiger partial charge in [-0.1, -0.05) is 11.6 Å². The molecule has 8 nitrogen and oxygen atoms in total. The number of halogens is 1. The van der Waals surface area contributed by atoms with Crippen molar-refractivity contribution in [1.82, 2.24) is 4.90 Å². The van der Waals surface area contributed by atoms with Crippen LogP contribution in [-0.4, -0.2) is 59.1 Å². The van der Waals surface area contributed by atoms with Crippen LogP contribution in [-0.2, 0) is 14.8 Å². The van der Waals surface area contributed by atoms with Gasteiger partial charge in [-0.25, -0.2) is 8.42 Å². The zero-order valence-electron chi connectivity index (χ0n) is 16.5. The first-order valence-electron chi connectivity index (χ1n) is 8.45. The molecule has 29 heavy (non-hydrogen) atoms. The van der Waals surface area contributed by atoms with Gasteiger partial charge in [0.15, 0.2) is 0 Å². The van der Waals surface area contributed by atoms with Crippen molar-refractivity contribution >= 4 is 44.8 Å². The normalized spacial score (nSPS) is 10.9. The average Bonchev–Trinajstić information content (AvgIpc) is 2.65. The van der Waals surface area contributed by atoms with E-state index in [2.05, 4.69) is 5.32 Å². The Morgan fingerprint density at radius 3 is 2.21 bits per heavy atom. The van der Waals surface area contributed by atoms with Gasteiger partial charge in [-0.2, -0.15) is 0 Å². The molecule has 1 N–H and O–H groups in total. The van der Waals surface area contributed by atoms with E-state index in [9.17, 15) is 18.0 Å². The van der Waals surface area contributed by atoms with Crippen LogP contribution in [0.1, 0.15) is 10.4 Å². The summed E-state index contributed by atoms with van der Waals surface area (Å²) in [4.78, 5) is 25.8. The van der Waals surface area contributed by atoms with Gasteiger partial charge in [0.05, 0.1) is 24.1 Å². The Hall–Kier alpha value is -2.78. The highest BCUT2D eigenvalue weighted by Crippen LogP contribution is 2.27. The maximum atomic E-state index is 12.4. The molecule has 2 aromatic rings. The largest absolute Gasteiger partial charge is 0.495 e. The Balaban J connectivity index is 2.20. The summed E-state index contributed by atoms with van der Waals surface area (Å²) in [6.07, 6.45) is 1.00. The number of nitrogens with zero attached hydrogens (tertiary/aromatic N) is 2. The second kappa shape index (κ2) is 9.15. The molecule has 156 valence electrons. The van der Waals surface area contributed by atoms with Gasteiger partial charge in [0.25, 0.3) is 5.91 Å². The molecule has 0 heterocycles. The standard InChI is InChI=1S/C19H22ClN3O5S/c1-22(2)19(25)13-5-8-15(9-6-13)23(29(4,26)27)12-18(24)21-14-7-10-17(28-3)16(20)11-14/h5-11H,12H2,1-4H3,(H,21,24). The number of benzene rings is 2. The van der Waals surface area contributed by atoms with E-state index < -0.39 is 22.5 Å². The van der Waals surface area contributed by atoms with E-state index in [1.807, 2.05) is 0 Å². The van der Waals surface area contributed by atoms with Crippen LogP contribution in [0.3, 0.4) is 0 Å². The zero-order chi connectivity index (χ0) is 21.8. The summed E-state index contributed by atoms with van der Waals surface area (Å²) in [5.74, 6) is -0.309.